The Labute approximate surface area is 125 Å². The molecule has 1 aromatic rings. The topological polar surface area (TPSA) is 78.6 Å². The Balaban J connectivity index is 1.69. The van der Waals surface area contributed by atoms with Crippen LogP contribution in [0.5, 0.6) is 5.75 Å². The van der Waals surface area contributed by atoms with Gasteiger partial charge in [-0.3, -0.25) is 4.79 Å². The van der Waals surface area contributed by atoms with E-state index in [-0.39, 0.29) is 17.7 Å². The van der Waals surface area contributed by atoms with Crippen LogP contribution in [0.4, 0.5) is 5.69 Å². The van der Waals surface area contributed by atoms with Crippen LogP contribution >= 0.6 is 0 Å². The number of carbonyl (C=O) groups is 1. The van der Waals surface area contributed by atoms with Crippen LogP contribution in [0.1, 0.15) is 42.5 Å². The zero-order chi connectivity index (χ0) is 15.0. The molecule has 2 aliphatic heterocycles. The second-order valence-corrected chi connectivity index (χ2v) is 6.32. The smallest absolute Gasteiger partial charge is 0.253 e. The van der Waals surface area contributed by atoms with E-state index in [1.807, 2.05) is 0 Å². The lowest BCUT2D eigenvalue weighted by Gasteiger charge is -2.47. The summed E-state index contributed by atoms with van der Waals surface area (Å²) in [5, 5.41) is 12.6. The van der Waals surface area contributed by atoms with E-state index in [0.29, 0.717) is 23.3 Å². The highest BCUT2D eigenvalue weighted by molar-refractivity contribution is 5.99. The predicted molar refractivity (Wildman–Crippen MR) is 82.2 cm³/mol. The number of benzene rings is 1. The molecule has 0 aromatic heterocycles. The van der Waals surface area contributed by atoms with Crippen molar-refractivity contribution in [2.75, 3.05) is 12.8 Å². The third-order valence-electron chi connectivity index (χ3n) is 4.96. The number of aromatic hydroxyl groups is 1. The van der Waals surface area contributed by atoms with Crippen molar-refractivity contribution in [3.63, 3.8) is 0 Å². The average Bonchev–Trinajstić information content (AvgIpc) is 2.42. The summed E-state index contributed by atoms with van der Waals surface area (Å²) in [6.45, 7) is 0. The van der Waals surface area contributed by atoms with Gasteiger partial charge in [-0.2, -0.15) is 0 Å². The van der Waals surface area contributed by atoms with Crippen LogP contribution in [-0.4, -0.2) is 41.1 Å². The van der Waals surface area contributed by atoms with Gasteiger partial charge in [-0.15, -0.1) is 0 Å². The second-order valence-electron chi connectivity index (χ2n) is 6.32. The van der Waals surface area contributed by atoms with Gasteiger partial charge in [-0.1, -0.05) is 6.42 Å². The zero-order valence-electron chi connectivity index (χ0n) is 12.4. The number of hydrogen-bond donors (Lipinski definition) is 3. The van der Waals surface area contributed by atoms with Crippen molar-refractivity contribution < 1.29 is 9.90 Å². The third kappa shape index (κ3) is 2.83. The van der Waals surface area contributed by atoms with Gasteiger partial charge in [-0.25, -0.2) is 0 Å². The van der Waals surface area contributed by atoms with Crippen LogP contribution in [0.2, 0.25) is 0 Å². The number of nitrogens with one attached hydrogen (secondary N) is 1. The van der Waals surface area contributed by atoms with E-state index in [4.69, 9.17) is 5.73 Å². The molecule has 2 unspecified atom stereocenters. The first-order valence-electron chi connectivity index (χ1n) is 7.66. The Morgan fingerprint density at radius 2 is 2.00 bits per heavy atom. The highest BCUT2D eigenvalue weighted by atomic mass is 16.3. The third-order valence-corrected chi connectivity index (χ3v) is 4.96. The summed E-state index contributed by atoms with van der Waals surface area (Å²) in [7, 11) is 2.19. The monoisotopic (exact) mass is 289 g/mol. The summed E-state index contributed by atoms with van der Waals surface area (Å²) < 4.78 is 0. The Kier molecular flexibility index (Phi) is 3.76. The Morgan fingerprint density at radius 3 is 2.67 bits per heavy atom. The number of phenols is 1. The number of piperidine rings is 2. The van der Waals surface area contributed by atoms with Crippen LogP contribution < -0.4 is 11.1 Å². The fourth-order valence-electron chi connectivity index (χ4n) is 3.74. The zero-order valence-corrected chi connectivity index (χ0v) is 12.4. The van der Waals surface area contributed by atoms with E-state index < -0.39 is 0 Å². The Bertz CT molecular complexity index is 532. The van der Waals surface area contributed by atoms with Gasteiger partial charge in [0.15, 0.2) is 0 Å². The molecule has 0 spiro atoms. The summed E-state index contributed by atoms with van der Waals surface area (Å²) in [6, 6.07) is 5.83. The molecule has 2 bridgehead atoms. The lowest BCUT2D eigenvalue weighted by atomic mass is 9.82. The molecule has 0 radical (unpaired) electrons. The van der Waals surface area contributed by atoms with Crippen molar-refractivity contribution in [3.05, 3.63) is 23.8 Å². The molecule has 0 saturated carbocycles. The average molecular weight is 289 g/mol. The molecule has 4 N–H and O–H groups in total. The molecule has 2 heterocycles. The van der Waals surface area contributed by atoms with Crippen LogP contribution in [0.15, 0.2) is 18.2 Å². The van der Waals surface area contributed by atoms with Gasteiger partial charge in [0.2, 0.25) is 0 Å². The van der Waals surface area contributed by atoms with Crippen molar-refractivity contribution in [3.8, 4) is 5.75 Å². The van der Waals surface area contributed by atoms with Gasteiger partial charge >= 0.3 is 0 Å². The number of anilines is 1. The molecule has 2 atom stereocenters. The molecule has 2 aliphatic rings. The van der Waals surface area contributed by atoms with E-state index in [1.54, 1.807) is 6.07 Å². The number of hydrogen-bond acceptors (Lipinski definition) is 4. The van der Waals surface area contributed by atoms with Crippen LogP contribution in [0, 0.1) is 0 Å². The maximum absolute atomic E-state index is 12.4. The van der Waals surface area contributed by atoms with Crippen molar-refractivity contribution in [1.82, 2.24) is 10.2 Å². The number of carbonyl (C=O) groups excluding carboxylic acids is 1. The lowest BCUT2D eigenvalue weighted by Crippen LogP contribution is -2.55. The number of rotatable bonds is 2. The number of nitrogen functional groups attached to an aromatic ring is 1. The molecule has 2 fully saturated rings. The Hall–Kier alpha value is -1.75. The quantitative estimate of drug-likeness (QED) is 0.572. The molecule has 5 nitrogen and oxygen atoms in total. The summed E-state index contributed by atoms with van der Waals surface area (Å²) in [4.78, 5) is 14.8. The minimum Gasteiger partial charge on any atom is -0.508 e. The standard InChI is InChI=1S/C16H23N3O2/c1-19-11-3-2-4-12(19)8-10(7-11)18-16(21)14-9-13(20)5-6-15(14)17/h5-6,9-12,20H,2-4,7-8,17H2,1H3,(H,18,21). The fourth-order valence-corrected chi connectivity index (χ4v) is 3.74. The van der Waals surface area contributed by atoms with Gasteiger partial charge in [-0.05, 0) is 50.9 Å². The minimum absolute atomic E-state index is 0.0644. The van der Waals surface area contributed by atoms with Crippen LogP contribution in [0.3, 0.4) is 0 Å². The summed E-state index contributed by atoms with van der Waals surface area (Å²) in [5.74, 6) is -0.120. The largest absolute Gasteiger partial charge is 0.508 e. The molecule has 1 amide bonds. The highest BCUT2D eigenvalue weighted by Gasteiger charge is 2.36. The van der Waals surface area contributed by atoms with E-state index in [2.05, 4.69) is 17.3 Å². The predicted octanol–water partition coefficient (Wildman–Crippen LogP) is 1.72. The van der Waals surface area contributed by atoms with Crippen molar-refractivity contribution in [1.29, 1.82) is 0 Å². The SMILES string of the molecule is CN1C2CCCC1CC(NC(=O)c1cc(O)ccc1N)C2. The molecule has 2 saturated heterocycles. The van der Waals surface area contributed by atoms with Gasteiger partial charge in [0.05, 0.1) is 5.56 Å². The molecule has 1 aromatic carbocycles. The maximum atomic E-state index is 12.4. The maximum Gasteiger partial charge on any atom is 0.253 e. The molecule has 21 heavy (non-hydrogen) atoms. The summed E-state index contributed by atoms with van der Waals surface area (Å²) >= 11 is 0. The highest BCUT2D eigenvalue weighted by Crippen LogP contribution is 2.32. The van der Waals surface area contributed by atoms with Gasteiger partial charge in [0.1, 0.15) is 5.75 Å². The van der Waals surface area contributed by atoms with E-state index in [1.165, 1.54) is 31.4 Å². The van der Waals surface area contributed by atoms with Gasteiger partial charge in [0.25, 0.3) is 5.91 Å². The first kappa shape index (κ1) is 14.2. The van der Waals surface area contributed by atoms with Crippen molar-refractivity contribution >= 4 is 11.6 Å². The molecule has 3 rings (SSSR count). The van der Waals surface area contributed by atoms with Crippen LogP contribution in [-0.2, 0) is 0 Å². The van der Waals surface area contributed by atoms with Crippen molar-refractivity contribution in [2.45, 2.75) is 50.2 Å². The number of amides is 1. The molecular weight excluding hydrogens is 266 g/mol. The fraction of sp³-hybridized carbons (Fsp3) is 0.562. The molecule has 0 aliphatic carbocycles. The first-order chi connectivity index (χ1) is 10.0. The number of nitrogens with zero attached hydrogens (tertiary/aromatic N) is 1. The van der Waals surface area contributed by atoms with Gasteiger partial charge < -0.3 is 21.1 Å². The molecular formula is C16H23N3O2. The van der Waals surface area contributed by atoms with E-state index >= 15 is 0 Å². The Morgan fingerprint density at radius 1 is 1.33 bits per heavy atom. The molecule has 5 heteroatoms. The molecule has 114 valence electrons. The van der Waals surface area contributed by atoms with E-state index in [9.17, 15) is 9.90 Å². The number of fused-ring (bicyclic) bond motifs is 2. The normalized spacial score (nSPS) is 29.1. The number of nitrogens with two attached hydrogens (primary N) is 1. The van der Waals surface area contributed by atoms with E-state index in [0.717, 1.165) is 12.8 Å². The second kappa shape index (κ2) is 5.56. The summed E-state index contributed by atoms with van der Waals surface area (Å²) in [5.41, 5.74) is 6.59. The van der Waals surface area contributed by atoms with Crippen molar-refractivity contribution in [2.24, 2.45) is 0 Å². The summed E-state index contributed by atoms with van der Waals surface area (Å²) in [6.07, 6.45) is 5.72. The first-order valence-corrected chi connectivity index (χ1v) is 7.66. The van der Waals surface area contributed by atoms with Crippen LogP contribution in [0.25, 0.3) is 0 Å². The lowest BCUT2D eigenvalue weighted by molar-refractivity contribution is 0.0463. The van der Waals surface area contributed by atoms with Gasteiger partial charge in [0, 0.05) is 23.8 Å². The number of phenolic OH excluding ortho intramolecular Hbond substituents is 1. The minimum atomic E-state index is -0.184.